The Hall–Kier alpha value is -1.87. The molecule has 0 fully saturated rings. The zero-order valence-electron chi connectivity index (χ0n) is 32.0. The van der Waals surface area contributed by atoms with Gasteiger partial charge in [0.25, 0.3) is 0 Å². The number of ether oxygens (including phenoxy) is 3. The van der Waals surface area contributed by atoms with Crippen molar-refractivity contribution < 1.29 is 28.6 Å². The molecule has 0 aliphatic carbocycles. The first-order chi connectivity index (χ1) is 20.0. The Labute approximate surface area is 276 Å². The number of carbonyl (C=O) groups is 3. The van der Waals surface area contributed by atoms with E-state index in [0.717, 1.165) is 12.8 Å². The van der Waals surface area contributed by atoms with Crippen molar-refractivity contribution in [1.82, 2.24) is 16.0 Å². The van der Waals surface area contributed by atoms with Crippen LogP contribution in [0.5, 0.6) is 0 Å². The molecule has 0 aromatic rings. The summed E-state index contributed by atoms with van der Waals surface area (Å²) in [6, 6.07) is 0. The summed E-state index contributed by atoms with van der Waals surface area (Å²) in [7, 11) is 0. The monoisotopic (exact) mass is 642 g/mol. The number of carbonyl (C=O) groups excluding carboxylic acids is 3. The van der Waals surface area contributed by atoms with E-state index in [0.29, 0.717) is 52.5 Å². The minimum atomic E-state index is -0.544. The fourth-order valence-corrected chi connectivity index (χ4v) is 4.23. The second-order valence-corrected chi connectivity index (χ2v) is 19.1. The highest BCUT2D eigenvalue weighted by molar-refractivity contribution is 5.81. The summed E-state index contributed by atoms with van der Waals surface area (Å²) in [4.78, 5) is 37.7. The predicted octanol–water partition coefficient (Wildman–Crippen LogP) is 7.12. The molecule has 0 aliphatic heterocycles. The molecule has 0 saturated carbocycles. The number of alkyl carbamates (subject to hydrolysis) is 1. The first-order valence-electron chi connectivity index (χ1n) is 16.6. The third-order valence-corrected chi connectivity index (χ3v) is 7.33. The fraction of sp³-hybridized carbons (Fsp3) is 0.917. The van der Waals surface area contributed by atoms with Crippen molar-refractivity contribution >= 4 is 17.9 Å². The molecule has 0 rings (SSSR count). The maximum atomic E-state index is 12.9. The van der Waals surface area contributed by atoms with Crippen molar-refractivity contribution in [2.75, 3.05) is 46.1 Å². The first kappa shape index (κ1) is 43.1. The van der Waals surface area contributed by atoms with Crippen molar-refractivity contribution in [2.24, 2.45) is 32.5 Å². The molecule has 0 bridgehead atoms. The Bertz CT molecular complexity index is 939. The lowest BCUT2D eigenvalue weighted by Crippen LogP contribution is -2.44. The SMILES string of the molecule is CC(C)(C)CCC(C)(C)C(=O)NCC(C)(C)COCC(C)(C)CNC(=O)CC(C)(C)COCC(C)(C)CNC(=O)OC(C)(C)C. The highest BCUT2D eigenvalue weighted by Gasteiger charge is 2.32. The number of hydrogen-bond donors (Lipinski definition) is 3. The van der Waals surface area contributed by atoms with Gasteiger partial charge in [0, 0.05) is 47.7 Å². The van der Waals surface area contributed by atoms with Gasteiger partial charge in [-0.1, -0.05) is 90.0 Å². The molecular formula is C36H71N3O6. The van der Waals surface area contributed by atoms with E-state index in [1.54, 1.807) is 0 Å². The van der Waals surface area contributed by atoms with Crippen molar-refractivity contribution in [1.29, 1.82) is 0 Å². The smallest absolute Gasteiger partial charge is 0.407 e. The van der Waals surface area contributed by atoms with E-state index in [1.165, 1.54) is 0 Å². The number of amides is 3. The molecule has 0 radical (unpaired) electrons. The second-order valence-electron chi connectivity index (χ2n) is 19.1. The van der Waals surface area contributed by atoms with E-state index < -0.39 is 17.1 Å². The maximum absolute atomic E-state index is 12.9. The first-order valence-corrected chi connectivity index (χ1v) is 16.6. The van der Waals surface area contributed by atoms with E-state index in [2.05, 4.69) is 64.4 Å². The predicted molar refractivity (Wildman–Crippen MR) is 184 cm³/mol. The lowest BCUT2D eigenvalue weighted by molar-refractivity contribution is -0.130. The summed E-state index contributed by atoms with van der Waals surface area (Å²) in [6.45, 7) is 35.8. The van der Waals surface area contributed by atoms with Gasteiger partial charge in [0.05, 0.1) is 26.4 Å². The van der Waals surface area contributed by atoms with Crippen LogP contribution in [0.2, 0.25) is 0 Å². The average Bonchev–Trinajstić information content (AvgIpc) is 2.81. The molecule has 0 aliphatic rings. The Kier molecular flexibility index (Phi) is 16.1. The fourth-order valence-electron chi connectivity index (χ4n) is 4.23. The zero-order valence-corrected chi connectivity index (χ0v) is 32.0. The Morgan fingerprint density at radius 3 is 1.33 bits per heavy atom. The lowest BCUT2D eigenvalue weighted by atomic mass is 9.79. The van der Waals surface area contributed by atoms with Gasteiger partial charge in [-0.05, 0) is 44.4 Å². The third-order valence-electron chi connectivity index (χ3n) is 7.33. The van der Waals surface area contributed by atoms with Gasteiger partial charge < -0.3 is 30.2 Å². The molecule has 0 aromatic carbocycles. The number of nitrogens with one attached hydrogen (secondary N) is 3. The summed E-state index contributed by atoms with van der Waals surface area (Å²) in [6.07, 6.45) is 1.72. The highest BCUT2D eigenvalue weighted by Crippen LogP contribution is 2.31. The molecule has 45 heavy (non-hydrogen) atoms. The van der Waals surface area contributed by atoms with Gasteiger partial charge in [-0.15, -0.1) is 0 Å². The molecule has 9 heteroatoms. The topological polar surface area (TPSA) is 115 Å². The quantitative estimate of drug-likeness (QED) is 0.138. The van der Waals surface area contributed by atoms with Crippen molar-refractivity contribution in [3.63, 3.8) is 0 Å². The second kappa shape index (κ2) is 16.8. The van der Waals surface area contributed by atoms with Crippen LogP contribution in [-0.2, 0) is 23.8 Å². The van der Waals surface area contributed by atoms with Crippen molar-refractivity contribution in [3.8, 4) is 0 Å². The molecular weight excluding hydrogens is 570 g/mol. The van der Waals surface area contributed by atoms with Crippen LogP contribution in [0, 0.1) is 32.5 Å². The zero-order chi connectivity index (χ0) is 35.5. The molecule has 0 heterocycles. The average molecular weight is 642 g/mol. The van der Waals surface area contributed by atoms with Crippen LogP contribution in [0.1, 0.15) is 130 Å². The molecule has 0 spiro atoms. The van der Waals surface area contributed by atoms with Gasteiger partial charge in [-0.2, -0.15) is 0 Å². The number of rotatable bonds is 19. The molecule has 0 saturated heterocycles. The molecule has 0 aromatic heterocycles. The lowest BCUT2D eigenvalue weighted by Gasteiger charge is -2.32. The summed E-state index contributed by atoms with van der Waals surface area (Å²) in [5.74, 6) is 0.0507. The van der Waals surface area contributed by atoms with Crippen LogP contribution in [0.4, 0.5) is 4.79 Å². The van der Waals surface area contributed by atoms with Gasteiger partial charge >= 0.3 is 6.09 Å². The molecule has 3 amide bonds. The van der Waals surface area contributed by atoms with Gasteiger partial charge in [-0.25, -0.2) is 4.79 Å². The summed E-state index contributed by atoms with van der Waals surface area (Å²) in [5, 5.41) is 9.02. The van der Waals surface area contributed by atoms with Crippen LogP contribution in [0.15, 0.2) is 0 Å². The molecule has 266 valence electrons. The van der Waals surface area contributed by atoms with Gasteiger partial charge in [-0.3, -0.25) is 9.59 Å². The largest absolute Gasteiger partial charge is 0.444 e. The summed E-state index contributed by atoms with van der Waals surface area (Å²) >= 11 is 0. The molecule has 3 N–H and O–H groups in total. The van der Waals surface area contributed by atoms with Crippen LogP contribution in [0.25, 0.3) is 0 Å². The number of hydrogen-bond acceptors (Lipinski definition) is 6. The van der Waals surface area contributed by atoms with E-state index in [4.69, 9.17) is 14.2 Å². The Morgan fingerprint density at radius 2 is 0.911 bits per heavy atom. The normalized spacial score (nSPS) is 13.8. The van der Waals surface area contributed by atoms with Crippen LogP contribution < -0.4 is 16.0 Å². The van der Waals surface area contributed by atoms with Crippen molar-refractivity contribution in [2.45, 2.75) is 136 Å². The minimum Gasteiger partial charge on any atom is -0.444 e. The minimum absolute atomic E-state index is 0.0281. The van der Waals surface area contributed by atoms with Gasteiger partial charge in [0.1, 0.15) is 5.60 Å². The summed E-state index contributed by atoms with van der Waals surface area (Å²) in [5.41, 5.74) is -1.88. The van der Waals surface area contributed by atoms with Crippen LogP contribution in [0.3, 0.4) is 0 Å². The van der Waals surface area contributed by atoms with E-state index >= 15 is 0 Å². The van der Waals surface area contributed by atoms with E-state index in [-0.39, 0.29) is 38.9 Å². The van der Waals surface area contributed by atoms with E-state index in [9.17, 15) is 14.4 Å². The summed E-state index contributed by atoms with van der Waals surface area (Å²) < 4.78 is 17.4. The Morgan fingerprint density at radius 1 is 0.511 bits per heavy atom. The van der Waals surface area contributed by atoms with Crippen molar-refractivity contribution in [3.05, 3.63) is 0 Å². The van der Waals surface area contributed by atoms with Crippen LogP contribution >= 0.6 is 0 Å². The molecule has 9 nitrogen and oxygen atoms in total. The highest BCUT2D eigenvalue weighted by atomic mass is 16.6. The maximum Gasteiger partial charge on any atom is 0.407 e. The van der Waals surface area contributed by atoms with Gasteiger partial charge in [0.2, 0.25) is 11.8 Å². The standard InChI is InChI=1S/C36H71N3O6/c1-30(2,3)17-18-36(15,16)28(41)38-21-34(11,12)25-44-24-33(9,10)20-37-27(40)19-32(7,8)23-43-26-35(13,14)22-39-29(42)45-31(4,5)6/h17-26H2,1-16H3,(H,37,40)(H,38,41)(H,39,42). The van der Waals surface area contributed by atoms with Crippen LogP contribution in [-0.4, -0.2) is 69.6 Å². The van der Waals surface area contributed by atoms with E-state index in [1.807, 2.05) is 62.3 Å². The van der Waals surface area contributed by atoms with Gasteiger partial charge in [0.15, 0.2) is 0 Å². The third kappa shape index (κ3) is 22.3. The molecule has 0 atom stereocenters. The Balaban J connectivity index is 4.53. The molecule has 0 unspecified atom stereocenters.